The summed E-state index contributed by atoms with van der Waals surface area (Å²) in [5.41, 5.74) is 1.29. The van der Waals surface area contributed by atoms with Gasteiger partial charge in [0.25, 0.3) is 0 Å². The third kappa shape index (κ3) is 3.54. The molecule has 2 fully saturated rings. The third-order valence-corrected chi connectivity index (χ3v) is 5.37. The van der Waals surface area contributed by atoms with Gasteiger partial charge in [-0.3, -0.25) is 4.98 Å². The number of likely N-dealkylation sites (tertiary alicyclic amines) is 1. The summed E-state index contributed by atoms with van der Waals surface area (Å²) in [6.07, 6.45) is 7.31. The lowest BCUT2D eigenvalue weighted by molar-refractivity contribution is 0.185. The van der Waals surface area contributed by atoms with E-state index in [0.717, 1.165) is 43.4 Å². The molecule has 4 nitrogen and oxygen atoms in total. The summed E-state index contributed by atoms with van der Waals surface area (Å²) >= 11 is 0. The second-order valence-corrected chi connectivity index (χ2v) is 7.10. The average molecular weight is 324 g/mol. The summed E-state index contributed by atoms with van der Waals surface area (Å²) in [6, 6.07) is 11.5. The Balaban J connectivity index is 1.25. The van der Waals surface area contributed by atoms with E-state index in [4.69, 9.17) is 4.74 Å². The summed E-state index contributed by atoms with van der Waals surface area (Å²) in [4.78, 5) is 6.71. The van der Waals surface area contributed by atoms with Gasteiger partial charge >= 0.3 is 0 Å². The highest BCUT2D eigenvalue weighted by atomic mass is 16.5. The lowest BCUT2D eigenvalue weighted by Gasteiger charge is -2.19. The number of hydrogen-bond acceptors (Lipinski definition) is 4. The number of aromatic nitrogens is 1. The molecule has 1 aromatic heterocycles. The van der Waals surface area contributed by atoms with Crippen molar-refractivity contribution >= 4 is 0 Å². The van der Waals surface area contributed by atoms with Crippen LogP contribution in [0.25, 0.3) is 0 Å². The van der Waals surface area contributed by atoms with E-state index in [1.54, 1.807) is 24.5 Å². The van der Waals surface area contributed by atoms with E-state index < -0.39 is 0 Å². The highest BCUT2D eigenvalue weighted by Crippen LogP contribution is 2.39. The van der Waals surface area contributed by atoms with Crippen LogP contribution >= 0.6 is 0 Å². The lowest BCUT2D eigenvalue weighted by Crippen LogP contribution is -2.26. The van der Waals surface area contributed by atoms with Gasteiger partial charge < -0.3 is 14.7 Å². The van der Waals surface area contributed by atoms with Crippen LogP contribution in [0.15, 0.2) is 48.8 Å². The Morgan fingerprint density at radius 3 is 2.50 bits per heavy atom. The Kier molecular flexibility index (Phi) is 4.39. The monoisotopic (exact) mass is 324 g/mol. The van der Waals surface area contributed by atoms with Gasteiger partial charge in [0.1, 0.15) is 11.5 Å². The normalized spacial score (nSPS) is 26.4. The fourth-order valence-corrected chi connectivity index (χ4v) is 4.18. The first-order valence-electron chi connectivity index (χ1n) is 8.83. The molecule has 1 N–H and O–H groups in total. The van der Waals surface area contributed by atoms with E-state index in [-0.39, 0.29) is 0 Å². The number of fused-ring (bicyclic) bond motifs is 1. The number of phenols is 1. The van der Waals surface area contributed by atoms with Crippen LogP contribution in [0.5, 0.6) is 11.5 Å². The van der Waals surface area contributed by atoms with Crippen molar-refractivity contribution in [3.05, 3.63) is 54.4 Å². The van der Waals surface area contributed by atoms with Crippen LogP contribution in [0.1, 0.15) is 18.4 Å². The molecule has 1 aliphatic heterocycles. The molecule has 3 atom stereocenters. The zero-order valence-corrected chi connectivity index (χ0v) is 13.8. The molecule has 0 unspecified atom stereocenters. The molecule has 4 heteroatoms. The van der Waals surface area contributed by atoms with Crippen LogP contribution in [0.3, 0.4) is 0 Å². The maximum absolute atomic E-state index is 9.35. The Morgan fingerprint density at radius 1 is 1.08 bits per heavy atom. The van der Waals surface area contributed by atoms with Crippen molar-refractivity contribution in [3.63, 3.8) is 0 Å². The Labute approximate surface area is 143 Å². The van der Waals surface area contributed by atoms with Crippen LogP contribution in [0, 0.1) is 11.8 Å². The maximum Gasteiger partial charge on any atom is 0.137 e. The minimum atomic E-state index is 0.342. The van der Waals surface area contributed by atoms with Gasteiger partial charge in [-0.1, -0.05) is 12.1 Å². The van der Waals surface area contributed by atoms with Gasteiger partial charge in [-0.2, -0.15) is 0 Å². The molecule has 1 saturated carbocycles. The summed E-state index contributed by atoms with van der Waals surface area (Å²) in [7, 11) is 0. The second-order valence-electron chi connectivity index (χ2n) is 7.10. The molecule has 0 bridgehead atoms. The topological polar surface area (TPSA) is 45.6 Å². The molecular weight excluding hydrogens is 300 g/mol. The standard InChI is InChI=1S/C20H24N2O2/c23-18-5-3-15(4-6-18)7-9-22-13-16-10-20(11-17(16)14-22)24-19-2-1-8-21-12-19/h1-6,8,12,16-17,20,23H,7,9-11,13-14H2/t16-,17+,20-. The van der Waals surface area contributed by atoms with E-state index in [1.165, 1.54) is 18.7 Å². The molecule has 2 heterocycles. The summed E-state index contributed by atoms with van der Waals surface area (Å²) in [5, 5.41) is 9.35. The predicted molar refractivity (Wildman–Crippen MR) is 93.1 cm³/mol. The van der Waals surface area contributed by atoms with E-state index >= 15 is 0 Å². The van der Waals surface area contributed by atoms with E-state index in [9.17, 15) is 5.11 Å². The van der Waals surface area contributed by atoms with E-state index in [1.807, 2.05) is 24.3 Å². The lowest BCUT2D eigenvalue weighted by atomic mass is 10.0. The van der Waals surface area contributed by atoms with Gasteiger partial charge in [0, 0.05) is 25.8 Å². The summed E-state index contributed by atoms with van der Waals surface area (Å²) < 4.78 is 6.08. The Bertz CT molecular complexity index is 645. The summed E-state index contributed by atoms with van der Waals surface area (Å²) in [6.45, 7) is 3.48. The number of rotatable bonds is 5. The smallest absolute Gasteiger partial charge is 0.137 e. The molecule has 0 spiro atoms. The number of aromatic hydroxyl groups is 1. The zero-order valence-electron chi connectivity index (χ0n) is 13.8. The summed E-state index contributed by atoms with van der Waals surface area (Å²) in [5.74, 6) is 2.78. The third-order valence-electron chi connectivity index (χ3n) is 5.37. The van der Waals surface area contributed by atoms with Crippen LogP contribution in [-0.4, -0.2) is 40.7 Å². The molecule has 126 valence electrons. The first kappa shape index (κ1) is 15.5. The number of pyridine rings is 1. The number of hydrogen-bond donors (Lipinski definition) is 1. The molecular formula is C20H24N2O2. The van der Waals surface area contributed by atoms with Crippen molar-refractivity contribution in [2.45, 2.75) is 25.4 Å². The Morgan fingerprint density at radius 2 is 1.83 bits per heavy atom. The van der Waals surface area contributed by atoms with Gasteiger partial charge in [0.15, 0.2) is 0 Å². The van der Waals surface area contributed by atoms with Crippen LogP contribution in [0.2, 0.25) is 0 Å². The van der Waals surface area contributed by atoms with Gasteiger partial charge in [-0.05, 0) is 60.9 Å². The van der Waals surface area contributed by atoms with E-state index in [0.29, 0.717) is 11.9 Å². The van der Waals surface area contributed by atoms with E-state index in [2.05, 4.69) is 9.88 Å². The van der Waals surface area contributed by atoms with Gasteiger partial charge in [0.05, 0.1) is 12.3 Å². The quantitative estimate of drug-likeness (QED) is 0.918. The fraction of sp³-hybridized carbons (Fsp3) is 0.450. The van der Waals surface area contributed by atoms with Gasteiger partial charge in [-0.15, -0.1) is 0 Å². The fourth-order valence-electron chi connectivity index (χ4n) is 4.18. The maximum atomic E-state index is 9.35. The first-order chi connectivity index (χ1) is 11.8. The van der Waals surface area contributed by atoms with Crippen molar-refractivity contribution in [3.8, 4) is 11.5 Å². The van der Waals surface area contributed by atoms with Crippen LogP contribution < -0.4 is 4.74 Å². The predicted octanol–water partition coefficient (Wildman–Crippen LogP) is 3.12. The van der Waals surface area contributed by atoms with Gasteiger partial charge in [0.2, 0.25) is 0 Å². The molecule has 0 radical (unpaired) electrons. The molecule has 2 aliphatic rings. The van der Waals surface area contributed by atoms with Crippen LogP contribution in [-0.2, 0) is 6.42 Å². The van der Waals surface area contributed by atoms with Crippen molar-refractivity contribution in [2.75, 3.05) is 19.6 Å². The van der Waals surface area contributed by atoms with Crippen LogP contribution in [0.4, 0.5) is 0 Å². The Hall–Kier alpha value is -2.07. The SMILES string of the molecule is Oc1ccc(CCN2C[C@H]3C[C@@H](Oc4cccnc4)C[C@H]3C2)cc1. The molecule has 24 heavy (non-hydrogen) atoms. The van der Waals surface area contributed by atoms with Crippen molar-refractivity contribution < 1.29 is 9.84 Å². The molecule has 4 rings (SSSR count). The minimum absolute atomic E-state index is 0.342. The second kappa shape index (κ2) is 6.81. The molecule has 0 amide bonds. The molecule has 1 aliphatic carbocycles. The largest absolute Gasteiger partial charge is 0.508 e. The number of benzene rings is 1. The molecule has 2 aromatic rings. The number of phenolic OH excluding ortho intramolecular Hbond substituents is 1. The minimum Gasteiger partial charge on any atom is -0.508 e. The van der Waals surface area contributed by atoms with Crippen molar-refractivity contribution in [1.29, 1.82) is 0 Å². The zero-order chi connectivity index (χ0) is 16.4. The van der Waals surface area contributed by atoms with Crippen molar-refractivity contribution in [1.82, 2.24) is 9.88 Å². The number of ether oxygens (including phenoxy) is 1. The first-order valence-corrected chi connectivity index (χ1v) is 8.83. The van der Waals surface area contributed by atoms with Crippen molar-refractivity contribution in [2.24, 2.45) is 11.8 Å². The molecule has 1 aromatic carbocycles. The molecule has 1 saturated heterocycles. The average Bonchev–Trinajstić information content (AvgIpc) is 3.13. The highest BCUT2D eigenvalue weighted by molar-refractivity contribution is 5.26. The van der Waals surface area contributed by atoms with Gasteiger partial charge in [-0.25, -0.2) is 0 Å². The number of nitrogens with zero attached hydrogens (tertiary/aromatic N) is 2. The highest BCUT2D eigenvalue weighted by Gasteiger charge is 2.41.